The van der Waals surface area contributed by atoms with Gasteiger partial charge in [0.2, 0.25) is 0 Å². The van der Waals surface area contributed by atoms with Gasteiger partial charge in [0.25, 0.3) is 0 Å². The van der Waals surface area contributed by atoms with E-state index in [1.807, 2.05) is 6.20 Å². The lowest BCUT2D eigenvalue weighted by Crippen LogP contribution is -2.41. The van der Waals surface area contributed by atoms with E-state index in [1.165, 1.54) is 0 Å². The van der Waals surface area contributed by atoms with Gasteiger partial charge >= 0.3 is 10.7 Å². The van der Waals surface area contributed by atoms with Crippen LogP contribution in [0, 0.1) is 0 Å². The first-order valence-corrected chi connectivity index (χ1v) is 6.15. The van der Waals surface area contributed by atoms with Crippen molar-refractivity contribution < 1.29 is 4.57 Å². The lowest BCUT2D eigenvalue weighted by atomic mass is 10.4. The number of nitrogens with one attached hydrogen (secondary N) is 1. The fourth-order valence-corrected chi connectivity index (χ4v) is 3.52. The number of halogens is 1. The maximum Gasteiger partial charge on any atom is 0.335 e. The van der Waals surface area contributed by atoms with Crippen LogP contribution in [0.1, 0.15) is 6.04 Å². The van der Waals surface area contributed by atoms with Gasteiger partial charge in [-0.1, -0.05) is 22.6 Å². The molecule has 12 heavy (non-hydrogen) atoms. The standard InChI is InChI=1S/C7H7IN2OS/c8-3-5-4-12-7-9-6(11)1-2-10(5)7/h1-2,5H,3-4H2/p+1. The zero-order chi connectivity index (χ0) is 8.55. The lowest BCUT2D eigenvalue weighted by molar-refractivity contribution is -0.746. The Balaban J connectivity index is 2.47. The Kier molecular flexibility index (Phi) is 2.40. The van der Waals surface area contributed by atoms with E-state index in [9.17, 15) is 4.79 Å². The number of hydrogen-bond acceptors (Lipinski definition) is 2. The summed E-state index contributed by atoms with van der Waals surface area (Å²) >= 11 is 4.09. The first-order valence-electron chi connectivity index (χ1n) is 3.64. The molecule has 0 saturated heterocycles. The van der Waals surface area contributed by atoms with Gasteiger partial charge in [-0.05, 0) is 11.8 Å². The average Bonchev–Trinajstić information content (AvgIpc) is 2.46. The number of aromatic nitrogens is 2. The Labute approximate surface area is 87.7 Å². The molecular formula is C7H8IN2OS+. The van der Waals surface area contributed by atoms with Gasteiger partial charge in [-0.3, -0.25) is 0 Å². The Morgan fingerprint density at radius 3 is 3.42 bits per heavy atom. The molecule has 1 unspecified atom stereocenters. The van der Waals surface area contributed by atoms with Crippen molar-refractivity contribution in [1.29, 1.82) is 0 Å². The normalized spacial score (nSPS) is 20.9. The molecule has 0 bridgehead atoms. The highest BCUT2D eigenvalue weighted by atomic mass is 127. The zero-order valence-corrected chi connectivity index (χ0v) is 9.26. The number of thioether (sulfide) groups is 1. The van der Waals surface area contributed by atoms with Crippen LogP contribution < -0.4 is 10.1 Å². The van der Waals surface area contributed by atoms with Crippen molar-refractivity contribution in [2.75, 3.05) is 10.2 Å². The summed E-state index contributed by atoms with van der Waals surface area (Å²) < 4.78 is 3.23. The molecule has 1 aromatic heterocycles. The highest BCUT2D eigenvalue weighted by molar-refractivity contribution is 14.1. The van der Waals surface area contributed by atoms with Crippen molar-refractivity contribution >= 4 is 34.4 Å². The summed E-state index contributed by atoms with van der Waals surface area (Å²) in [5, 5.41) is 0.990. The quantitative estimate of drug-likeness (QED) is 0.359. The fraction of sp³-hybridized carbons (Fsp3) is 0.429. The van der Waals surface area contributed by atoms with Crippen LogP contribution in [-0.2, 0) is 0 Å². The molecule has 0 saturated carbocycles. The van der Waals surface area contributed by atoms with E-state index in [-0.39, 0.29) is 5.56 Å². The largest absolute Gasteiger partial charge is 0.335 e. The Morgan fingerprint density at radius 1 is 1.83 bits per heavy atom. The van der Waals surface area contributed by atoms with E-state index < -0.39 is 0 Å². The molecule has 64 valence electrons. The van der Waals surface area contributed by atoms with Crippen molar-refractivity contribution in [3.63, 3.8) is 0 Å². The van der Waals surface area contributed by atoms with E-state index in [2.05, 4.69) is 32.1 Å². The molecule has 0 fully saturated rings. The molecule has 1 aliphatic heterocycles. The summed E-state index contributed by atoms with van der Waals surface area (Å²) in [4.78, 5) is 13.8. The summed E-state index contributed by atoms with van der Waals surface area (Å²) in [5.74, 6) is 1.07. The van der Waals surface area contributed by atoms with Crippen LogP contribution >= 0.6 is 34.4 Å². The molecule has 1 aromatic rings. The monoisotopic (exact) mass is 295 g/mol. The number of nitrogens with zero attached hydrogens (tertiary/aromatic N) is 1. The summed E-state index contributed by atoms with van der Waals surface area (Å²) in [6.45, 7) is 0. The number of aromatic amines is 1. The first kappa shape index (κ1) is 8.55. The summed E-state index contributed by atoms with van der Waals surface area (Å²) in [6.07, 6.45) is 1.87. The second-order valence-electron chi connectivity index (χ2n) is 2.64. The van der Waals surface area contributed by atoms with Crippen LogP contribution in [0.3, 0.4) is 0 Å². The van der Waals surface area contributed by atoms with Gasteiger partial charge in [0.15, 0.2) is 0 Å². The Morgan fingerprint density at radius 2 is 2.67 bits per heavy atom. The van der Waals surface area contributed by atoms with E-state index in [0.717, 1.165) is 15.3 Å². The van der Waals surface area contributed by atoms with Crippen LogP contribution in [-0.4, -0.2) is 15.2 Å². The minimum Gasteiger partial charge on any atom is -0.241 e. The summed E-state index contributed by atoms with van der Waals surface area (Å²) in [7, 11) is 0. The van der Waals surface area contributed by atoms with E-state index in [1.54, 1.807) is 17.8 Å². The van der Waals surface area contributed by atoms with E-state index in [0.29, 0.717) is 6.04 Å². The molecule has 1 atom stereocenters. The SMILES string of the molecule is O=c1cc[n+]2c([nH]1)SCC2CI. The maximum atomic E-state index is 10.9. The predicted octanol–water partition coefficient (Wildman–Crippen LogP) is 0.744. The second-order valence-corrected chi connectivity index (χ2v) is 4.53. The molecule has 0 radical (unpaired) electrons. The summed E-state index contributed by atoms with van der Waals surface area (Å²) in [5.41, 5.74) is -0.0112. The molecule has 1 aliphatic rings. The predicted molar refractivity (Wildman–Crippen MR) is 55.9 cm³/mol. The van der Waals surface area contributed by atoms with Crippen LogP contribution in [0.2, 0.25) is 0 Å². The summed E-state index contributed by atoms with van der Waals surface area (Å²) in [6, 6.07) is 2.12. The molecule has 0 aromatic carbocycles. The van der Waals surface area contributed by atoms with Crippen LogP contribution in [0.5, 0.6) is 0 Å². The molecular weight excluding hydrogens is 287 g/mol. The fourth-order valence-electron chi connectivity index (χ4n) is 1.20. The number of rotatable bonds is 1. The van der Waals surface area contributed by atoms with Crippen LogP contribution in [0.15, 0.2) is 22.2 Å². The minimum absolute atomic E-state index is 0.0112. The van der Waals surface area contributed by atoms with Crippen LogP contribution in [0.4, 0.5) is 0 Å². The van der Waals surface area contributed by atoms with Crippen molar-refractivity contribution in [2.24, 2.45) is 0 Å². The van der Waals surface area contributed by atoms with Gasteiger partial charge in [0.1, 0.15) is 6.04 Å². The molecule has 0 amide bonds. The Hall–Kier alpha value is -0.0400. The smallest absolute Gasteiger partial charge is 0.241 e. The minimum atomic E-state index is -0.0112. The molecule has 0 aliphatic carbocycles. The maximum absolute atomic E-state index is 10.9. The van der Waals surface area contributed by atoms with Gasteiger partial charge in [-0.25, -0.2) is 14.3 Å². The number of alkyl halides is 1. The zero-order valence-electron chi connectivity index (χ0n) is 6.29. The van der Waals surface area contributed by atoms with Crippen molar-refractivity contribution in [3.05, 3.63) is 22.6 Å². The average molecular weight is 295 g/mol. The third-order valence-corrected chi connectivity index (χ3v) is 3.99. The number of hydrogen-bond donors (Lipinski definition) is 1. The molecule has 3 nitrogen and oxygen atoms in total. The Bertz CT molecular complexity index is 352. The van der Waals surface area contributed by atoms with Gasteiger partial charge in [-0.2, -0.15) is 0 Å². The molecule has 0 spiro atoms. The van der Waals surface area contributed by atoms with Crippen molar-refractivity contribution in [1.82, 2.24) is 4.98 Å². The number of H-pyrrole nitrogens is 1. The van der Waals surface area contributed by atoms with Crippen LogP contribution in [0.25, 0.3) is 0 Å². The first-order chi connectivity index (χ1) is 5.81. The highest BCUT2D eigenvalue weighted by Gasteiger charge is 2.27. The lowest BCUT2D eigenvalue weighted by Gasteiger charge is -2.01. The molecule has 2 heterocycles. The van der Waals surface area contributed by atoms with E-state index in [4.69, 9.17) is 0 Å². The third-order valence-electron chi connectivity index (χ3n) is 1.84. The van der Waals surface area contributed by atoms with Gasteiger partial charge in [-0.15, -0.1) is 0 Å². The van der Waals surface area contributed by atoms with Crippen molar-refractivity contribution in [3.8, 4) is 0 Å². The van der Waals surface area contributed by atoms with E-state index >= 15 is 0 Å². The molecule has 1 N–H and O–H groups in total. The highest BCUT2D eigenvalue weighted by Crippen LogP contribution is 2.23. The topological polar surface area (TPSA) is 36.7 Å². The van der Waals surface area contributed by atoms with Crippen molar-refractivity contribution in [2.45, 2.75) is 11.2 Å². The third kappa shape index (κ3) is 1.39. The van der Waals surface area contributed by atoms with Gasteiger partial charge in [0, 0.05) is 10.2 Å². The second kappa shape index (κ2) is 3.37. The molecule has 2 rings (SSSR count). The molecule has 5 heteroatoms. The van der Waals surface area contributed by atoms with Gasteiger partial charge in [0.05, 0.1) is 12.3 Å². The van der Waals surface area contributed by atoms with Gasteiger partial charge < -0.3 is 0 Å². The number of fused-ring (bicyclic) bond motifs is 1.